The summed E-state index contributed by atoms with van der Waals surface area (Å²) in [7, 11) is 3.30. The monoisotopic (exact) mass is 342 g/mol. The van der Waals surface area contributed by atoms with Gasteiger partial charge in [0, 0.05) is 24.2 Å². The van der Waals surface area contributed by atoms with E-state index in [-0.39, 0.29) is 12.3 Å². The minimum Gasteiger partial charge on any atom is -0.496 e. The Balaban J connectivity index is 2.21. The third-order valence-electron chi connectivity index (χ3n) is 3.82. The largest absolute Gasteiger partial charge is 0.496 e. The molecule has 0 heterocycles. The quantitative estimate of drug-likeness (QED) is 0.797. The molecule has 0 aliphatic heterocycles. The predicted octanol–water partition coefficient (Wildman–Crippen LogP) is 4.00. The van der Waals surface area contributed by atoms with Crippen LogP contribution in [0, 0.1) is 11.3 Å². The van der Waals surface area contributed by atoms with Crippen molar-refractivity contribution >= 4 is 17.5 Å². The zero-order chi connectivity index (χ0) is 17.5. The molecule has 0 bridgehead atoms. The SMILES string of the molecule is COc1ccc(Cl)cc1CN(C)C(=O)[C@@H](CC#N)c1ccccc1. The Hall–Kier alpha value is -2.51. The Bertz CT molecular complexity index is 741. The van der Waals surface area contributed by atoms with Gasteiger partial charge >= 0.3 is 0 Å². The highest BCUT2D eigenvalue weighted by Gasteiger charge is 2.24. The number of rotatable bonds is 6. The Morgan fingerprint density at radius 1 is 1.29 bits per heavy atom. The van der Waals surface area contributed by atoms with Gasteiger partial charge in [0.15, 0.2) is 0 Å². The second kappa shape index (κ2) is 8.37. The van der Waals surface area contributed by atoms with Crippen LogP contribution in [0.5, 0.6) is 5.75 Å². The predicted molar refractivity (Wildman–Crippen MR) is 93.9 cm³/mol. The van der Waals surface area contributed by atoms with Crippen molar-refractivity contribution in [3.05, 3.63) is 64.7 Å². The highest BCUT2D eigenvalue weighted by atomic mass is 35.5. The second-order valence-electron chi connectivity index (χ2n) is 5.48. The fraction of sp³-hybridized carbons (Fsp3) is 0.263. The highest BCUT2D eigenvalue weighted by molar-refractivity contribution is 6.30. The zero-order valence-electron chi connectivity index (χ0n) is 13.7. The van der Waals surface area contributed by atoms with Crippen LogP contribution in [0.3, 0.4) is 0 Å². The molecule has 0 saturated heterocycles. The number of hydrogen-bond donors (Lipinski definition) is 0. The lowest BCUT2D eigenvalue weighted by atomic mass is 9.95. The van der Waals surface area contributed by atoms with Crippen LogP contribution in [0.25, 0.3) is 0 Å². The number of amides is 1. The number of benzene rings is 2. The maximum atomic E-state index is 12.8. The van der Waals surface area contributed by atoms with Crippen molar-refractivity contribution in [3.63, 3.8) is 0 Å². The number of halogens is 1. The fourth-order valence-corrected chi connectivity index (χ4v) is 2.79. The van der Waals surface area contributed by atoms with Gasteiger partial charge in [0.1, 0.15) is 5.75 Å². The topological polar surface area (TPSA) is 53.3 Å². The molecule has 0 aliphatic rings. The number of nitriles is 1. The number of hydrogen-bond acceptors (Lipinski definition) is 3. The van der Waals surface area contributed by atoms with Gasteiger partial charge in [0.2, 0.25) is 5.91 Å². The Kier molecular flexibility index (Phi) is 6.22. The lowest BCUT2D eigenvalue weighted by Crippen LogP contribution is -2.31. The first-order valence-electron chi connectivity index (χ1n) is 7.56. The first-order valence-corrected chi connectivity index (χ1v) is 7.94. The Labute approximate surface area is 147 Å². The van der Waals surface area contributed by atoms with Crippen LogP contribution < -0.4 is 4.74 Å². The maximum absolute atomic E-state index is 12.8. The minimum atomic E-state index is -0.480. The van der Waals surface area contributed by atoms with Crippen molar-refractivity contribution in [2.24, 2.45) is 0 Å². The van der Waals surface area contributed by atoms with Crippen molar-refractivity contribution in [3.8, 4) is 11.8 Å². The molecule has 0 aliphatic carbocycles. The van der Waals surface area contributed by atoms with Crippen LogP contribution in [0.15, 0.2) is 48.5 Å². The third kappa shape index (κ3) is 4.27. The number of nitrogens with zero attached hydrogens (tertiary/aromatic N) is 2. The van der Waals surface area contributed by atoms with E-state index < -0.39 is 5.92 Å². The van der Waals surface area contributed by atoms with Gasteiger partial charge in [-0.3, -0.25) is 4.79 Å². The molecule has 24 heavy (non-hydrogen) atoms. The molecule has 1 atom stereocenters. The molecule has 0 fully saturated rings. The van der Waals surface area contributed by atoms with E-state index in [0.717, 1.165) is 11.1 Å². The lowest BCUT2D eigenvalue weighted by molar-refractivity contribution is -0.132. The van der Waals surface area contributed by atoms with Gasteiger partial charge in [0.25, 0.3) is 0 Å². The van der Waals surface area contributed by atoms with E-state index in [1.165, 1.54) is 0 Å². The molecule has 0 aromatic heterocycles. The average Bonchev–Trinajstić information content (AvgIpc) is 2.60. The summed E-state index contributed by atoms with van der Waals surface area (Å²) in [6.07, 6.45) is 0.139. The highest BCUT2D eigenvalue weighted by Crippen LogP contribution is 2.26. The van der Waals surface area contributed by atoms with Gasteiger partial charge in [0.05, 0.1) is 25.5 Å². The van der Waals surface area contributed by atoms with E-state index >= 15 is 0 Å². The van der Waals surface area contributed by atoms with Crippen LogP contribution in [-0.4, -0.2) is 25.0 Å². The van der Waals surface area contributed by atoms with Crippen LogP contribution in [-0.2, 0) is 11.3 Å². The summed E-state index contributed by atoms with van der Waals surface area (Å²) < 4.78 is 5.32. The molecule has 0 unspecified atom stereocenters. The molecule has 2 aromatic rings. The second-order valence-corrected chi connectivity index (χ2v) is 5.91. The van der Waals surface area contributed by atoms with Gasteiger partial charge in [-0.05, 0) is 23.8 Å². The van der Waals surface area contributed by atoms with Gasteiger partial charge in [-0.25, -0.2) is 0 Å². The van der Waals surface area contributed by atoms with E-state index in [0.29, 0.717) is 17.3 Å². The van der Waals surface area contributed by atoms with Crippen molar-refractivity contribution in [1.82, 2.24) is 4.90 Å². The molecule has 0 spiro atoms. The fourth-order valence-electron chi connectivity index (χ4n) is 2.59. The van der Waals surface area contributed by atoms with Crippen LogP contribution in [0.1, 0.15) is 23.5 Å². The van der Waals surface area contributed by atoms with Gasteiger partial charge < -0.3 is 9.64 Å². The molecule has 0 saturated carbocycles. The summed E-state index contributed by atoms with van der Waals surface area (Å²) in [5, 5.41) is 9.67. The number of likely N-dealkylation sites (N-methyl/N-ethyl adjacent to an activating group) is 1. The average molecular weight is 343 g/mol. The van der Waals surface area contributed by atoms with Crippen LogP contribution >= 0.6 is 11.6 Å². The first-order chi connectivity index (χ1) is 11.6. The minimum absolute atomic E-state index is 0.107. The first kappa shape index (κ1) is 17.8. The molecular formula is C19H19ClN2O2. The molecule has 0 N–H and O–H groups in total. The summed E-state index contributed by atoms with van der Waals surface area (Å²) in [6, 6.07) is 16.8. The van der Waals surface area contributed by atoms with E-state index in [1.54, 1.807) is 37.3 Å². The van der Waals surface area contributed by atoms with E-state index in [9.17, 15) is 4.79 Å². The maximum Gasteiger partial charge on any atom is 0.231 e. The van der Waals surface area contributed by atoms with E-state index in [2.05, 4.69) is 6.07 Å². The molecule has 5 heteroatoms. The lowest BCUT2D eigenvalue weighted by Gasteiger charge is -2.23. The summed E-state index contributed by atoms with van der Waals surface area (Å²) in [5.74, 6) is 0.0896. The normalized spacial score (nSPS) is 11.4. The zero-order valence-corrected chi connectivity index (χ0v) is 14.5. The Morgan fingerprint density at radius 2 is 2.00 bits per heavy atom. The standard InChI is InChI=1S/C19H19ClN2O2/c1-22(13-15-12-16(20)8-9-18(15)24-2)19(23)17(10-11-21)14-6-4-3-5-7-14/h3-9,12,17H,10,13H2,1-2H3/t17-/m0/s1. The summed E-state index contributed by atoms with van der Waals surface area (Å²) in [6.45, 7) is 0.358. The summed E-state index contributed by atoms with van der Waals surface area (Å²) in [5.41, 5.74) is 1.67. The number of carbonyl (C=O) groups excluding carboxylic acids is 1. The van der Waals surface area contributed by atoms with Crippen molar-refractivity contribution in [2.75, 3.05) is 14.2 Å². The van der Waals surface area contributed by atoms with Gasteiger partial charge in [-0.1, -0.05) is 41.9 Å². The molecule has 4 nitrogen and oxygen atoms in total. The van der Waals surface area contributed by atoms with Crippen LogP contribution in [0.2, 0.25) is 5.02 Å². The van der Waals surface area contributed by atoms with Crippen molar-refractivity contribution < 1.29 is 9.53 Å². The third-order valence-corrected chi connectivity index (χ3v) is 4.06. The van der Waals surface area contributed by atoms with Gasteiger partial charge in [-0.15, -0.1) is 0 Å². The Morgan fingerprint density at radius 3 is 2.62 bits per heavy atom. The molecule has 1 amide bonds. The van der Waals surface area contributed by atoms with Crippen molar-refractivity contribution in [2.45, 2.75) is 18.9 Å². The summed E-state index contributed by atoms with van der Waals surface area (Å²) in [4.78, 5) is 14.4. The van der Waals surface area contributed by atoms with Crippen molar-refractivity contribution in [1.29, 1.82) is 5.26 Å². The number of methoxy groups -OCH3 is 1. The molecule has 0 radical (unpaired) electrons. The van der Waals surface area contributed by atoms with Crippen LogP contribution in [0.4, 0.5) is 0 Å². The molecule has 124 valence electrons. The summed E-state index contributed by atoms with van der Waals surface area (Å²) >= 11 is 6.04. The van der Waals surface area contributed by atoms with E-state index in [4.69, 9.17) is 21.6 Å². The number of ether oxygens (including phenoxy) is 1. The van der Waals surface area contributed by atoms with Gasteiger partial charge in [-0.2, -0.15) is 5.26 Å². The van der Waals surface area contributed by atoms with E-state index in [1.807, 2.05) is 30.3 Å². The molecular weight excluding hydrogens is 324 g/mol. The number of carbonyl (C=O) groups is 1. The molecule has 2 aromatic carbocycles. The molecule has 2 rings (SSSR count). The smallest absolute Gasteiger partial charge is 0.231 e.